The van der Waals surface area contributed by atoms with Gasteiger partial charge in [-0.25, -0.2) is 4.79 Å². The minimum atomic E-state index is -0.470. The highest BCUT2D eigenvalue weighted by Crippen LogP contribution is 2.31. The highest BCUT2D eigenvalue weighted by molar-refractivity contribution is 5.90. The molecule has 0 aromatic heterocycles. The van der Waals surface area contributed by atoms with E-state index in [0.717, 1.165) is 5.56 Å². The Labute approximate surface area is 97.9 Å². The van der Waals surface area contributed by atoms with Gasteiger partial charge in [-0.2, -0.15) is 0 Å². The average molecular weight is 236 g/mol. The van der Waals surface area contributed by atoms with Crippen molar-refractivity contribution in [3.63, 3.8) is 0 Å². The molecule has 17 heavy (non-hydrogen) atoms. The molecule has 0 N–H and O–H groups in total. The lowest BCUT2D eigenvalue weighted by atomic mass is 10.1. The number of nitrogens with zero attached hydrogens (tertiary/aromatic N) is 2. The maximum atomic E-state index is 11.6. The van der Waals surface area contributed by atoms with Crippen molar-refractivity contribution < 1.29 is 14.5 Å². The normalized spacial score (nSPS) is 13.4. The second kappa shape index (κ2) is 4.40. The third kappa shape index (κ3) is 2.06. The number of anilines is 1. The molecule has 1 heterocycles. The summed E-state index contributed by atoms with van der Waals surface area (Å²) in [6.45, 7) is 2.53. The maximum absolute atomic E-state index is 11.6. The van der Waals surface area contributed by atoms with Gasteiger partial charge in [0, 0.05) is 18.7 Å². The van der Waals surface area contributed by atoms with Crippen LogP contribution in [0.25, 0.3) is 0 Å². The Bertz CT molecular complexity index is 473. The van der Waals surface area contributed by atoms with Gasteiger partial charge in [0.05, 0.1) is 17.2 Å². The Balaban J connectivity index is 2.32. The molecule has 0 radical (unpaired) electrons. The van der Waals surface area contributed by atoms with E-state index in [2.05, 4.69) is 0 Å². The van der Waals surface area contributed by atoms with Gasteiger partial charge in [-0.3, -0.25) is 15.0 Å². The summed E-state index contributed by atoms with van der Waals surface area (Å²) in [5.41, 5.74) is 1.50. The molecule has 6 heteroatoms. The van der Waals surface area contributed by atoms with Crippen molar-refractivity contribution in [3.05, 3.63) is 33.9 Å². The number of amides is 1. The highest BCUT2D eigenvalue weighted by Gasteiger charge is 2.27. The smallest absolute Gasteiger partial charge is 0.414 e. The molecule has 0 unspecified atom stereocenters. The van der Waals surface area contributed by atoms with Crippen molar-refractivity contribution in [2.75, 3.05) is 18.1 Å². The van der Waals surface area contributed by atoms with Crippen LogP contribution in [0.4, 0.5) is 16.2 Å². The van der Waals surface area contributed by atoms with E-state index in [0.29, 0.717) is 25.3 Å². The first-order valence-corrected chi connectivity index (χ1v) is 5.35. The van der Waals surface area contributed by atoms with Gasteiger partial charge in [-0.1, -0.05) is 6.07 Å². The van der Waals surface area contributed by atoms with Crippen molar-refractivity contribution in [1.29, 1.82) is 0 Å². The fourth-order valence-electron chi connectivity index (χ4n) is 1.87. The largest absolute Gasteiger partial charge is 0.449 e. The fourth-order valence-corrected chi connectivity index (χ4v) is 1.87. The summed E-state index contributed by atoms with van der Waals surface area (Å²) in [7, 11) is 0. The fraction of sp³-hybridized carbons (Fsp3) is 0.364. The lowest BCUT2D eigenvalue weighted by molar-refractivity contribution is -0.384. The summed E-state index contributed by atoms with van der Waals surface area (Å²) in [6.07, 6.45) is 0.248. The molecule has 0 aliphatic carbocycles. The summed E-state index contributed by atoms with van der Waals surface area (Å²) in [6, 6.07) is 4.55. The van der Waals surface area contributed by atoms with Crippen LogP contribution in [0, 0.1) is 10.1 Å². The molecule has 1 amide bonds. The number of rotatable bonds is 2. The maximum Gasteiger partial charge on any atom is 0.414 e. The molecule has 0 spiro atoms. The molecule has 0 fully saturated rings. The zero-order valence-corrected chi connectivity index (χ0v) is 9.38. The number of non-ortho nitro benzene ring substituents is 1. The second-order valence-electron chi connectivity index (χ2n) is 3.67. The number of hydrogen-bond acceptors (Lipinski definition) is 4. The molecule has 0 saturated heterocycles. The number of nitro benzene ring substituents is 1. The first kappa shape index (κ1) is 11.4. The van der Waals surface area contributed by atoms with Gasteiger partial charge in [-0.05, 0) is 18.9 Å². The van der Waals surface area contributed by atoms with Crippen LogP contribution >= 0.6 is 0 Å². The number of fused-ring (bicyclic) bond motifs is 1. The summed E-state index contributed by atoms with van der Waals surface area (Å²) >= 11 is 0. The van der Waals surface area contributed by atoms with Crippen LogP contribution in [-0.4, -0.2) is 24.2 Å². The molecule has 0 saturated carbocycles. The van der Waals surface area contributed by atoms with E-state index in [1.807, 2.05) is 0 Å². The lowest BCUT2D eigenvalue weighted by Gasteiger charge is -2.15. The van der Waals surface area contributed by atoms with Crippen LogP contribution in [0.2, 0.25) is 0 Å². The molecule has 0 bridgehead atoms. The SMILES string of the molecule is CCOC(=O)N1CCc2ccc([N+](=O)[O-])cc21. The quantitative estimate of drug-likeness (QED) is 0.582. The van der Waals surface area contributed by atoms with Crippen LogP contribution in [-0.2, 0) is 11.2 Å². The first-order valence-electron chi connectivity index (χ1n) is 5.35. The van der Waals surface area contributed by atoms with E-state index in [-0.39, 0.29) is 5.69 Å². The van der Waals surface area contributed by atoms with Crippen molar-refractivity contribution >= 4 is 17.5 Å². The van der Waals surface area contributed by atoms with E-state index in [9.17, 15) is 14.9 Å². The molecule has 2 rings (SSSR count). The Hall–Kier alpha value is -2.11. The zero-order valence-electron chi connectivity index (χ0n) is 9.38. The van der Waals surface area contributed by atoms with E-state index >= 15 is 0 Å². The molecular weight excluding hydrogens is 224 g/mol. The summed E-state index contributed by atoms with van der Waals surface area (Å²) < 4.78 is 4.90. The molecule has 1 aliphatic heterocycles. The van der Waals surface area contributed by atoms with Crippen molar-refractivity contribution in [3.8, 4) is 0 Å². The molecule has 1 aliphatic rings. The predicted molar refractivity (Wildman–Crippen MR) is 61.2 cm³/mol. The monoisotopic (exact) mass is 236 g/mol. The van der Waals surface area contributed by atoms with Crippen LogP contribution in [0.15, 0.2) is 18.2 Å². The van der Waals surface area contributed by atoms with E-state index in [4.69, 9.17) is 4.74 Å². The number of nitro groups is 1. The van der Waals surface area contributed by atoms with Gasteiger partial charge < -0.3 is 4.74 Å². The molecule has 0 atom stereocenters. The lowest BCUT2D eigenvalue weighted by Crippen LogP contribution is -2.29. The van der Waals surface area contributed by atoms with Crippen molar-refractivity contribution in [2.24, 2.45) is 0 Å². The number of hydrogen-bond donors (Lipinski definition) is 0. The van der Waals surface area contributed by atoms with E-state index in [1.54, 1.807) is 13.0 Å². The van der Waals surface area contributed by atoms with Gasteiger partial charge in [0.1, 0.15) is 0 Å². The minimum Gasteiger partial charge on any atom is -0.449 e. The summed E-state index contributed by atoms with van der Waals surface area (Å²) in [5, 5.41) is 10.7. The van der Waals surface area contributed by atoms with Crippen LogP contribution in [0.1, 0.15) is 12.5 Å². The van der Waals surface area contributed by atoms with Gasteiger partial charge in [-0.15, -0.1) is 0 Å². The summed E-state index contributed by atoms with van der Waals surface area (Å²) in [4.78, 5) is 23.3. The van der Waals surface area contributed by atoms with Gasteiger partial charge in [0.15, 0.2) is 0 Å². The second-order valence-corrected chi connectivity index (χ2v) is 3.67. The van der Waals surface area contributed by atoms with Gasteiger partial charge in [0.2, 0.25) is 0 Å². The minimum absolute atomic E-state index is 0.0139. The van der Waals surface area contributed by atoms with Crippen molar-refractivity contribution in [1.82, 2.24) is 0 Å². The van der Waals surface area contributed by atoms with Crippen LogP contribution in [0.3, 0.4) is 0 Å². The van der Waals surface area contributed by atoms with E-state index in [1.165, 1.54) is 17.0 Å². The van der Waals surface area contributed by atoms with E-state index < -0.39 is 11.0 Å². The number of carbonyl (C=O) groups excluding carboxylic acids is 1. The number of benzene rings is 1. The molecule has 1 aromatic rings. The molecule has 90 valence electrons. The highest BCUT2D eigenvalue weighted by atomic mass is 16.6. The Morgan fingerprint density at radius 1 is 1.59 bits per heavy atom. The topological polar surface area (TPSA) is 72.7 Å². The van der Waals surface area contributed by atoms with Crippen molar-refractivity contribution in [2.45, 2.75) is 13.3 Å². The standard InChI is InChI=1S/C11H12N2O4/c1-2-17-11(14)12-6-5-8-3-4-9(13(15)16)7-10(8)12/h3-4,7H,2,5-6H2,1H3. The predicted octanol–water partition coefficient (Wildman–Crippen LogP) is 2.11. The van der Waals surface area contributed by atoms with Crippen LogP contribution < -0.4 is 4.90 Å². The van der Waals surface area contributed by atoms with Gasteiger partial charge >= 0.3 is 6.09 Å². The molecule has 6 nitrogen and oxygen atoms in total. The summed E-state index contributed by atoms with van der Waals surface area (Å²) in [5.74, 6) is 0. The first-order chi connectivity index (χ1) is 8.13. The Morgan fingerprint density at radius 2 is 2.35 bits per heavy atom. The third-order valence-corrected chi connectivity index (χ3v) is 2.66. The Morgan fingerprint density at radius 3 is 3.00 bits per heavy atom. The number of carbonyl (C=O) groups is 1. The number of ether oxygens (including phenoxy) is 1. The molecule has 1 aromatic carbocycles. The van der Waals surface area contributed by atoms with Gasteiger partial charge in [0.25, 0.3) is 5.69 Å². The third-order valence-electron chi connectivity index (χ3n) is 2.66. The molecular formula is C11H12N2O4. The average Bonchev–Trinajstić information content (AvgIpc) is 2.71. The zero-order chi connectivity index (χ0) is 12.4. The van der Waals surface area contributed by atoms with Crippen LogP contribution in [0.5, 0.6) is 0 Å². The Kier molecular flexibility index (Phi) is 2.95.